The zero-order chi connectivity index (χ0) is 14.6. The molecule has 2 heterocycles. The molecule has 114 valence electrons. The van der Waals surface area contributed by atoms with Crippen molar-refractivity contribution < 1.29 is 19.4 Å². The van der Waals surface area contributed by atoms with Crippen LogP contribution in [0.15, 0.2) is 0 Å². The molecule has 0 spiro atoms. The number of carboxylic acid groups (broad SMARTS) is 1. The van der Waals surface area contributed by atoms with E-state index in [1.165, 1.54) is 0 Å². The molecular formula is C14H24N2O4. The van der Waals surface area contributed by atoms with Crippen LogP contribution < -0.4 is 10.6 Å². The number of carbonyl (C=O) groups is 2. The van der Waals surface area contributed by atoms with Crippen molar-refractivity contribution in [2.45, 2.75) is 38.6 Å². The van der Waals surface area contributed by atoms with Crippen molar-refractivity contribution in [3.05, 3.63) is 0 Å². The summed E-state index contributed by atoms with van der Waals surface area (Å²) in [7, 11) is 0. The molecule has 6 heteroatoms. The van der Waals surface area contributed by atoms with E-state index >= 15 is 0 Å². The number of rotatable bonds is 4. The second kappa shape index (κ2) is 6.54. The van der Waals surface area contributed by atoms with E-state index in [0.717, 1.165) is 19.4 Å². The maximum Gasteiger partial charge on any atom is 0.311 e. The highest BCUT2D eigenvalue weighted by Crippen LogP contribution is 2.30. The lowest BCUT2D eigenvalue weighted by Crippen LogP contribution is -2.54. The molecule has 0 aliphatic carbocycles. The third kappa shape index (κ3) is 3.30. The highest BCUT2D eigenvalue weighted by molar-refractivity contribution is 5.83. The Morgan fingerprint density at radius 3 is 2.70 bits per heavy atom. The number of amides is 1. The fraction of sp³-hybridized carbons (Fsp3) is 0.857. The van der Waals surface area contributed by atoms with Crippen molar-refractivity contribution in [1.82, 2.24) is 10.6 Å². The van der Waals surface area contributed by atoms with Gasteiger partial charge in [0.05, 0.1) is 11.5 Å². The molecule has 0 saturated carbocycles. The van der Waals surface area contributed by atoms with Gasteiger partial charge in [-0.3, -0.25) is 9.59 Å². The Bertz CT molecular complexity index is 366. The molecule has 1 amide bonds. The number of carbonyl (C=O) groups excluding carboxylic acids is 1. The van der Waals surface area contributed by atoms with Crippen LogP contribution in [0.2, 0.25) is 0 Å². The van der Waals surface area contributed by atoms with Crippen molar-refractivity contribution in [1.29, 1.82) is 0 Å². The van der Waals surface area contributed by atoms with Gasteiger partial charge >= 0.3 is 5.97 Å². The quantitative estimate of drug-likeness (QED) is 0.694. The van der Waals surface area contributed by atoms with Crippen molar-refractivity contribution in [3.63, 3.8) is 0 Å². The molecule has 2 atom stereocenters. The Kier molecular flexibility index (Phi) is 4.99. The Morgan fingerprint density at radius 1 is 1.40 bits per heavy atom. The van der Waals surface area contributed by atoms with Crippen molar-refractivity contribution in [2.75, 3.05) is 26.3 Å². The molecule has 2 aliphatic heterocycles. The van der Waals surface area contributed by atoms with Crippen LogP contribution in [0.25, 0.3) is 0 Å². The number of ether oxygens (including phenoxy) is 1. The molecule has 2 fully saturated rings. The summed E-state index contributed by atoms with van der Waals surface area (Å²) in [6.07, 6.45) is 3.02. The molecule has 0 aromatic heterocycles. The SMILES string of the molecule is CC1CCCNC1C(=O)NCC1(C(=O)O)CCOCC1. The summed E-state index contributed by atoms with van der Waals surface area (Å²) in [5, 5.41) is 15.5. The van der Waals surface area contributed by atoms with E-state index < -0.39 is 11.4 Å². The zero-order valence-corrected chi connectivity index (χ0v) is 12.0. The first-order valence-corrected chi connectivity index (χ1v) is 7.37. The number of nitrogens with one attached hydrogen (secondary N) is 2. The van der Waals surface area contributed by atoms with Gasteiger partial charge in [-0.2, -0.15) is 0 Å². The molecule has 2 rings (SSSR count). The summed E-state index contributed by atoms with van der Waals surface area (Å²) in [4.78, 5) is 23.7. The van der Waals surface area contributed by atoms with Crippen LogP contribution in [0, 0.1) is 11.3 Å². The normalized spacial score (nSPS) is 29.6. The van der Waals surface area contributed by atoms with E-state index in [1.807, 2.05) is 0 Å². The fourth-order valence-corrected chi connectivity index (χ4v) is 3.00. The highest BCUT2D eigenvalue weighted by atomic mass is 16.5. The molecule has 0 aromatic carbocycles. The number of hydrogen-bond acceptors (Lipinski definition) is 4. The number of aliphatic carboxylic acids is 1. The summed E-state index contributed by atoms with van der Waals surface area (Å²) in [6, 6.07) is -0.200. The molecule has 0 bridgehead atoms. The minimum absolute atomic E-state index is 0.0793. The maximum atomic E-state index is 12.2. The molecule has 2 unspecified atom stereocenters. The van der Waals surface area contributed by atoms with Crippen LogP contribution in [0.1, 0.15) is 32.6 Å². The topological polar surface area (TPSA) is 87.7 Å². The van der Waals surface area contributed by atoms with Crippen LogP contribution in [0.4, 0.5) is 0 Å². The standard InChI is InChI=1S/C14H24N2O4/c1-10-3-2-6-15-11(10)12(17)16-9-14(13(18)19)4-7-20-8-5-14/h10-11,15H,2-9H2,1H3,(H,16,17)(H,18,19). The van der Waals surface area contributed by atoms with E-state index in [4.69, 9.17) is 4.74 Å². The summed E-state index contributed by atoms with van der Waals surface area (Å²) in [6.45, 7) is 3.98. The van der Waals surface area contributed by atoms with Crippen molar-refractivity contribution in [3.8, 4) is 0 Å². The van der Waals surface area contributed by atoms with Gasteiger partial charge in [0, 0.05) is 19.8 Å². The predicted octanol–water partition coefficient (Wildman–Crippen LogP) is 0.372. The number of piperidine rings is 1. The second-order valence-corrected chi connectivity index (χ2v) is 5.97. The third-order valence-electron chi connectivity index (χ3n) is 4.56. The Hall–Kier alpha value is -1.14. The van der Waals surface area contributed by atoms with E-state index in [2.05, 4.69) is 17.6 Å². The molecule has 6 nitrogen and oxygen atoms in total. The molecule has 2 saturated heterocycles. The van der Waals surface area contributed by atoms with Gasteiger partial charge in [-0.15, -0.1) is 0 Å². The second-order valence-electron chi connectivity index (χ2n) is 5.97. The van der Waals surface area contributed by atoms with E-state index in [1.54, 1.807) is 0 Å². The van der Waals surface area contributed by atoms with Gasteiger partial charge in [0.1, 0.15) is 0 Å². The zero-order valence-electron chi connectivity index (χ0n) is 12.0. The molecule has 0 aromatic rings. The smallest absolute Gasteiger partial charge is 0.311 e. The van der Waals surface area contributed by atoms with Gasteiger partial charge in [-0.25, -0.2) is 0 Å². The Labute approximate surface area is 119 Å². The monoisotopic (exact) mass is 284 g/mol. The lowest BCUT2D eigenvalue weighted by molar-refractivity contribution is -0.154. The first kappa shape index (κ1) is 15.3. The van der Waals surface area contributed by atoms with Crippen molar-refractivity contribution >= 4 is 11.9 Å². The van der Waals surface area contributed by atoms with Gasteiger partial charge < -0.3 is 20.5 Å². The average molecular weight is 284 g/mol. The summed E-state index contributed by atoms with van der Waals surface area (Å²) in [5.41, 5.74) is -0.869. The molecule has 0 radical (unpaired) electrons. The van der Waals surface area contributed by atoms with Gasteiger partial charge in [-0.05, 0) is 38.1 Å². The molecule has 3 N–H and O–H groups in total. The van der Waals surface area contributed by atoms with Crippen LogP contribution in [0.3, 0.4) is 0 Å². The predicted molar refractivity (Wildman–Crippen MR) is 73.3 cm³/mol. The summed E-state index contributed by atoms with van der Waals surface area (Å²) in [5.74, 6) is -0.630. The van der Waals surface area contributed by atoms with Crippen LogP contribution in [-0.4, -0.2) is 49.3 Å². The minimum Gasteiger partial charge on any atom is -0.481 e. The lowest BCUT2D eigenvalue weighted by Gasteiger charge is -2.35. The lowest BCUT2D eigenvalue weighted by atomic mass is 9.80. The van der Waals surface area contributed by atoms with E-state index in [-0.39, 0.29) is 18.5 Å². The van der Waals surface area contributed by atoms with Gasteiger partial charge in [0.25, 0.3) is 0 Å². The Morgan fingerprint density at radius 2 is 2.10 bits per heavy atom. The highest BCUT2D eigenvalue weighted by Gasteiger charge is 2.41. The van der Waals surface area contributed by atoms with E-state index in [9.17, 15) is 14.7 Å². The largest absolute Gasteiger partial charge is 0.481 e. The van der Waals surface area contributed by atoms with Crippen molar-refractivity contribution in [2.24, 2.45) is 11.3 Å². The van der Waals surface area contributed by atoms with Gasteiger partial charge in [-0.1, -0.05) is 6.92 Å². The summed E-state index contributed by atoms with van der Waals surface area (Å²) < 4.78 is 5.23. The minimum atomic E-state index is -0.869. The van der Waals surface area contributed by atoms with Gasteiger partial charge in [0.15, 0.2) is 0 Å². The van der Waals surface area contributed by atoms with Crippen LogP contribution in [-0.2, 0) is 14.3 Å². The van der Waals surface area contributed by atoms with Crippen LogP contribution >= 0.6 is 0 Å². The fourth-order valence-electron chi connectivity index (χ4n) is 3.00. The Balaban J connectivity index is 1.91. The van der Waals surface area contributed by atoms with Crippen LogP contribution in [0.5, 0.6) is 0 Å². The van der Waals surface area contributed by atoms with E-state index in [0.29, 0.717) is 32.0 Å². The van der Waals surface area contributed by atoms with Gasteiger partial charge in [0.2, 0.25) is 5.91 Å². The first-order chi connectivity index (χ1) is 9.55. The molecule has 2 aliphatic rings. The molecular weight excluding hydrogens is 260 g/mol. The number of carboxylic acids is 1. The first-order valence-electron chi connectivity index (χ1n) is 7.37. The average Bonchev–Trinajstić information content (AvgIpc) is 2.46. The maximum absolute atomic E-state index is 12.2. The molecule has 20 heavy (non-hydrogen) atoms. The number of hydrogen-bond donors (Lipinski definition) is 3. The third-order valence-corrected chi connectivity index (χ3v) is 4.56. The summed E-state index contributed by atoms with van der Waals surface area (Å²) >= 11 is 0.